The second kappa shape index (κ2) is 10.9. The highest BCUT2D eigenvalue weighted by Crippen LogP contribution is 2.43. The summed E-state index contributed by atoms with van der Waals surface area (Å²) in [5.41, 5.74) is 3.06. The molecular formula is C42H22F2S4. The second-order valence-corrected chi connectivity index (χ2v) is 16.4. The number of thiophene rings is 4. The smallest absolute Gasteiger partial charge is 0.132 e. The van der Waals surface area contributed by atoms with Gasteiger partial charge in [0.15, 0.2) is 0 Å². The predicted molar refractivity (Wildman–Crippen MR) is 207 cm³/mol. The van der Waals surface area contributed by atoms with Crippen molar-refractivity contribution in [2.75, 3.05) is 0 Å². The Kier molecular flexibility index (Phi) is 6.43. The molecule has 0 nitrogen and oxygen atoms in total. The Labute approximate surface area is 290 Å². The zero-order valence-electron chi connectivity index (χ0n) is 25.1. The topological polar surface area (TPSA) is 0 Å². The molecule has 0 saturated heterocycles. The SMILES string of the molecule is Fc1cc(-c2cc3cc4cc5sc(-c6ccc(-c7cc8ccccc8s7)c(F)c6)cc5cc4cc3s2)ccc1-c1cc2ccccc2s1. The van der Waals surface area contributed by atoms with Crippen LogP contribution < -0.4 is 0 Å². The fraction of sp³-hybridized carbons (Fsp3) is 0. The molecule has 4 aromatic heterocycles. The fourth-order valence-electron chi connectivity index (χ4n) is 6.57. The van der Waals surface area contributed by atoms with Gasteiger partial charge in [0, 0.05) is 49.4 Å². The summed E-state index contributed by atoms with van der Waals surface area (Å²) in [5.74, 6) is -0.403. The van der Waals surface area contributed by atoms with Gasteiger partial charge >= 0.3 is 0 Å². The highest BCUT2D eigenvalue weighted by Gasteiger charge is 2.15. The molecule has 0 aliphatic rings. The van der Waals surface area contributed by atoms with Crippen molar-refractivity contribution >= 4 is 96.5 Å². The average Bonchev–Trinajstić information content (AvgIpc) is 3.89. The zero-order chi connectivity index (χ0) is 31.9. The first-order chi connectivity index (χ1) is 23.5. The maximum Gasteiger partial charge on any atom is 0.132 e. The molecule has 0 spiro atoms. The van der Waals surface area contributed by atoms with Gasteiger partial charge < -0.3 is 0 Å². The molecule has 0 aliphatic carbocycles. The van der Waals surface area contributed by atoms with Gasteiger partial charge in [-0.3, -0.25) is 0 Å². The van der Waals surface area contributed by atoms with E-state index in [0.717, 1.165) is 72.4 Å². The van der Waals surface area contributed by atoms with Gasteiger partial charge in [-0.05, 0) is 128 Å². The fourth-order valence-corrected chi connectivity index (χ4v) is 10.9. The van der Waals surface area contributed by atoms with Gasteiger partial charge in [-0.25, -0.2) is 8.78 Å². The lowest BCUT2D eigenvalue weighted by atomic mass is 10.0. The number of hydrogen-bond acceptors (Lipinski definition) is 4. The van der Waals surface area contributed by atoms with E-state index in [0.29, 0.717) is 11.1 Å². The molecule has 228 valence electrons. The molecule has 0 radical (unpaired) electrons. The van der Waals surface area contributed by atoms with E-state index in [1.54, 1.807) is 57.5 Å². The van der Waals surface area contributed by atoms with E-state index in [9.17, 15) is 0 Å². The van der Waals surface area contributed by atoms with Gasteiger partial charge in [0.05, 0.1) is 0 Å². The molecule has 0 saturated carbocycles. The van der Waals surface area contributed by atoms with E-state index in [1.165, 1.54) is 9.40 Å². The third kappa shape index (κ3) is 4.71. The van der Waals surface area contributed by atoms with Crippen LogP contribution in [0.1, 0.15) is 0 Å². The first-order valence-corrected chi connectivity index (χ1v) is 18.8. The van der Waals surface area contributed by atoms with Crippen LogP contribution in [0.3, 0.4) is 0 Å². The maximum atomic E-state index is 15.5. The average molecular weight is 693 g/mol. The molecule has 6 heteroatoms. The van der Waals surface area contributed by atoms with Gasteiger partial charge in [0.25, 0.3) is 0 Å². The van der Waals surface area contributed by atoms with Crippen molar-refractivity contribution in [1.82, 2.24) is 0 Å². The standard InChI is InChI=1S/C42H22F2S4/c43-33-15-25(9-11-31(33)41-17-23-5-1-3-7-35(23)45-41)37-21-29-13-27-20-40-30(14-28(27)19-39(29)47-37)22-38(48-40)26-10-12-32(34(44)16-26)42-18-24-6-2-4-8-36(24)46-42/h1-22H. The van der Waals surface area contributed by atoms with Crippen LogP contribution in [-0.4, -0.2) is 0 Å². The molecule has 0 aliphatic heterocycles. The summed E-state index contributed by atoms with van der Waals surface area (Å²) in [7, 11) is 0. The minimum atomic E-state index is -0.202. The first kappa shape index (κ1) is 28.3. The number of rotatable bonds is 4. The van der Waals surface area contributed by atoms with E-state index in [2.05, 4.69) is 72.8 Å². The van der Waals surface area contributed by atoms with Gasteiger partial charge in [-0.15, -0.1) is 45.3 Å². The molecule has 0 amide bonds. The highest BCUT2D eigenvalue weighted by molar-refractivity contribution is 7.23. The highest BCUT2D eigenvalue weighted by atomic mass is 32.1. The van der Waals surface area contributed by atoms with Crippen molar-refractivity contribution in [3.05, 3.63) is 145 Å². The molecule has 0 N–H and O–H groups in total. The third-order valence-electron chi connectivity index (χ3n) is 9.00. The molecule has 48 heavy (non-hydrogen) atoms. The van der Waals surface area contributed by atoms with Crippen molar-refractivity contribution in [3.8, 4) is 41.8 Å². The first-order valence-electron chi connectivity index (χ1n) is 15.5. The van der Waals surface area contributed by atoms with Crippen molar-refractivity contribution in [2.24, 2.45) is 0 Å². The summed E-state index contributed by atoms with van der Waals surface area (Å²) in [6.45, 7) is 0. The Morgan fingerprint density at radius 2 is 0.729 bits per heavy atom. The van der Waals surface area contributed by atoms with Gasteiger partial charge in [-0.2, -0.15) is 0 Å². The Balaban J connectivity index is 0.969. The lowest BCUT2D eigenvalue weighted by Crippen LogP contribution is -1.83. The van der Waals surface area contributed by atoms with E-state index < -0.39 is 0 Å². The Morgan fingerprint density at radius 3 is 1.17 bits per heavy atom. The largest absolute Gasteiger partial charge is 0.206 e. The van der Waals surface area contributed by atoms with Crippen LogP contribution in [0, 0.1) is 11.6 Å². The van der Waals surface area contributed by atoms with Gasteiger partial charge in [0.1, 0.15) is 11.6 Å². The normalized spacial score (nSPS) is 12.0. The van der Waals surface area contributed by atoms with Crippen LogP contribution in [0.4, 0.5) is 8.78 Å². The molecule has 0 fully saturated rings. The molecule has 10 rings (SSSR count). The van der Waals surface area contributed by atoms with Gasteiger partial charge in [0.2, 0.25) is 0 Å². The van der Waals surface area contributed by atoms with Crippen molar-refractivity contribution in [1.29, 1.82) is 0 Å². The van der Waals surface area contributed by atoms with Crippen molar-refractivity contribution in [3.63, 3.8) is 0 Å². The van der Waals surface area contributed by atoms with Crippen molar-refractivity contribution < 1.29 is 8.78 Å². The van der Waals surface area contributed by atoms with Gasteiger partial charge in [-0.1, -0.05) is 48.5 Å². The summed E-state index contributed by atoms with van der Waals surface area (Å²) in [6, 6.07) is 44.9. The molecule has 0 atom stereocenters. The van der Waals surface area contributed by atoms with E-state index in [1.807, 2.05) is 48.5 Å². The minimum Gasteiger partial charge on any atom is -0.206 e. The summed E-state index contributed by atoms with van der Waals surface area (Å²) in [6.07, 6.45) is 0. The zero-order valence-corrected chi connectivity index (χ0v) is 28.4. The predicted octanol–water partition coefficient (Wildman–Crippen LogP) is 14.6. The lowest BCUT2D eigenvalue weighted by Gasteiger charge is -2.03. The monoisotopic (exact) mass is 692 g/mol. The summed E-state index contributed by atoms with van der Waals surface area (Å²) < 4.78 is 35.6. The van der Waals surface area contributed by atoms with Crippen LogP contribution in [-0.2, 0) is 0 Å². The minimum absolute atomic E-state index is 0.202. The number of fused-ring (bicyclic) bond motifs is 5. The van der Waals surface area contributed by atoms with E-state index in [-0.39, 0.29) is 11.6 Å². The summed E-state index contributed by atoms with van der Waals surface area (Å²) in [4.78, 5) is 3.99. The van der Waals surface area contributed by atoms with Crippen LogP contribution in [0.5, 0.6) is 0 Å². The van der Waals surface area contributed by atoms with E-state index >= 15 is 8.78 Å². The van der Waals surface area contributed by atoms with E-state index in [4.69, 9.17) is 0 Å². The quantitative estimate of drug-likeness (QED) is 0.172. The third-order valence-corrected chi connectivity index (χ3v) is 13.6. The molecular weight excluding hydrogens is 671 g/mol. The number of hydrogen-bond donors (Lipinski definition) is 0. The molecule has 6 aromatic carbocycles. The Bertz CT molecular complexity index is 2550. The maximum absolute atomic E-state index is 15.5. The molecule has 0 unspecified atom stereocenters. The molecule has 4 heterocycles. The van der Waals surface area contributed by atoms with Crippen LogP contribution in [0.15, 0.2) is 133 Å². The number of halogens is 2. The van der Waals surface area contributed by atoms with Crippen LogP contribution in [0.25, 0.3) is 92.9 Å². The second-order valence-electron chi connectivity index (χ2n) is 12.0. The van der Waals surface area contributed by atoms with Crippen molar-refractivity contribution in [2.45, 2.75) is 0 Å². The van der Waals surface area contributed by atoms with Crippen LogP contribution >= 0.6 is 45.3 Å². The lowest BCUT2D eigenvalue weighted by molar-refractivity contribution is 0.632. The Hall–Kier alpha value is -4.72. The summed E-state index contributed by atoms with van der Waals surface area (Å²) in [5, 5.41) is 6.88. The Morgan fingerprint density at radius 1 is 0.312 bits per heavy atom. The molecule has 10 aromatic rings. The summed E-state index contributed by atoms with van der Waals surface area (Å²) >= 11 is 6.61. The molecule has 0 bridgehead atoms. The number of benzene rings is 6. The van der Waals surface area contributed by atoms with Crippen LogP contribution in [0.2, 0.25) is 0 Å².